The molecule has 6 heteroatoms. The maximum absolute atomic E-state index is 12.6. The number of pyridine rings is 1. The van der Waals surface area contributed by atoms with Gasteiger partial charge in [0.2, 0.25) is 0 Å². The Morgan fingerprint density at radius 2 is 1.85 bits per heavy atom. The summed E-state index contributed by atoms with van der Waals surface area (Å²) < 4.78 is 0. The van der Waals surface area contributed by atoms with Crippen LogP contribution in [0.3, 0.4) is 0 Å². The van der Waals surface area contributed by atoms with Crippen LogP contribution in [0.1, 0.15) is 40.3 Å². The number of aryl methyl sites for hydroxylation is 1. The molecular weight excluding hydrogens is 326 g/mol. The van der Waals surface area contributed by atoms with E-state index < -0.39 is 0 Å². The number of rotatable bonds is 5. The van der Waals surface area contributed by atoms with Crippen LogP contribution in [0.2, 0.25) is 0 Å². The molecule has 26 heavy (non-hydrogen) atoms. The van der Waals surface area contributed by atoms with Gasteiger partial charge in [0.15, 0.2) is 0 Å². The summed E-state index contributed by atoms with van der Waals surface area (Å²) in [4.78, 5) is 30.0. The summed E-state index contributed by atoms with van der Waals surface area (Å²) in [6.45, 7) is 4.31. The van der Waals surface area contributed by atoms with Gasteiger partial charge in [-0.2, -0.15) is 0 Å². The van der Waals surface area contributed by atoms with Gasteiger partial charge in [-0.05, 0) is 57.8 Å². The molecule has 0 bridgehead atoms. The van der Waals surface area contributed by atoms with Crippen molar-refractivity contribution >= 4 is 5.91 Å². The summed E-state index contributed by atoms with van der Waals surface area (Å²) in [7, 11) is 4.05. The van der Waals surface area contributed by atoms with Crippen LogP contribution in [-0.4, -0.2) is 57.8 Å². The lowest BCUT2D eigenvalue weighted by Crippen LogP contribution is -2.39. The van der Waals surface area contributed by atoms with E-state index in [9.17, 15) is 4.79 Å². The minimum atomic E-state index is 0.0504. The second kappa shape index (κ2) is 8.36. The SMILES string of the molecule is Cc1cccnc1C(=O)N1CCC(Cc2cnc(CN(C)C)cn2)CC1. The molecule has 2 aromatic rings. The highest BCUT2D eigenvalue weighted by atomic mass is 16.2. The molecule has 1 fully saturated rings. The molecule has 1 aliphatic rings. The average molecular weight is 353 g/mol. The lowest BCUT2D eigenvalue weighted by molar-refractivity contribution is 0.0683. The first-order valence-corrected chi connectivity index (χ1v) is 9.18. The van der Waals surface area contributed by atoms with E-state index in [1.807, 2.05) is 50.4 Å². The molecule has 1 saturated heterocycles. The summed E-state index contributed by atoms with van der Waals surface area (Å²) in [5, 5.41) is 0. The quantitative estimate of drug-likeness (QED) is 0.826. The molecule has 138 valence electrons. The molecular formula is C20H27N5O. The maximum atomic E-state index is 12.6. The van der Waals surface area contributed by atoms with Crippen molar-refractivity contribution < 1.29 is 4.79 Å². The zero-order chi connectivity index (χ0) is 18.5. The second-order valence-corrected chi connectivity index (χ2v) is 7.35. The Balaban J connectivity index is 1.52. The number of hydrogen-bond acceptors (Lipinski definition) is 5. The van der Waals surface area contributed by atoms with E-state index in [0.717, 1.165) is 55.8 Å². The highest BCUT2D eigenvalue weighted by Crippen LogP contribution is 2.22. The van der Waals surface area contributed by atoms with Crippen molar-refractivity contribution in [3.63, 3.8) is 0 Å². The Morgan fingerprint density at radius 3 is 2.46 bits per heavy atom. The number of carbonyl (C=O) groups excluding carboxylic acids is 1. The molecule has 0 atom stereocenters. The van der Waals surface area contributed by atoms with Crippen molar-refractivity contribution in [2.24, 2.45) is 5.92 Å². The highest BCUT2D eigenvalue weighted by molar-refractivity contribution is 5.93. The fraction of sp³-hybridized carbons (Fsp3) is 0.500. The Labute approximate surface area is 155 Å². The molecule has 0 unspecified atom stereocenters. The van der Waals surface area contributed by atoms with Gasteiger partial charge in [-0.1, -0.05) is 6.07 Å². The zero-order valence-corrected chi connectivity index (χ0v) is 15.9. The smallest absolute Gasteiger partial charge is 0.272 e. The van der Waals surface area contributed by atoms with Crippen molar-refractivity contribution in [1.29, 1.82) is 0 Å². The standard InChI is InChI=1S/C20H27N5O/c1-15-5-4-8-21-19(15)20(26)25-9-6-16(7-10-25)11-17-12-23-18(13-22-17)14-24(2)3/h4-5,8,12-13,16H,6-7,9-11,14H2,1-3H3. The molecule has 3 heterocycles. The first kappa shape index (κ1) is 18.5. The summed E-state index contributed by atoms with van der Waals surface area (Å²) in [5.74, 6) is 0.604. The van der Waals surface area contributed by atoms with Gasteiger partial charge in [0.05, 0.1) is 17.6 Å². The van der Waals surface area contributed by atoms with Crippen molar-refractivity contribution in [3.8, 4) is 0 Å². The van der Waals surface area contributed by atoms with Crippen LogP contribution in [0, 0.1) is 12.8 Å². The van der Waals surface area contributed by atoms with Crippen molar-refractivity contribution in [2.45, 2.75) is 32.7 Å². The summed E-state index contributed by atoms with van der Waals surface area (Å²) in [5.41, 5.74) is 3.55. The Morgan fingerprint density at radius 1 is 1.15 bits per heavy atom. The molecule has 0 radical (unpaired) electrons. The van der Waals surface area contributed by atoms with E-state index in [1.165, 1.54) is 0 Å². The number of carbonyl (C=O) groups is 1. The molecule has 1 amide bonds. The number of likely N-dealkylation sites (tertiary alicyclic amines) is 1. The first-order valence-electron chi connectivity index (χ1n) is 9.18. The summed E-state index contributed by atoms with van der Waals surface area (Å²) >= 11 is 0. The molecule has 0 saturated carbocycles. The number of nitrogens with zero attached hydrogens (tertiary/aromatic N) is 5. The topological polar surface area (TPSA) is 62.2 Å². The largest absolute Gasteiger partial charge is 0.337 e. The van der Waals surface area contributed by atoms with Crippen molar-refractivity contribution in [1.82, 2.24) is 24.8 Å². The van der Waals surface area contributed by atoms with E-state index in [0.29, 0.717) is 11.6 Å². The molecule has 0 aromatic carbocycles. The first-order chi connectivity index (χ1) is 12.5. The van der Waals surface area contributed by atoms with E-state index in [2.05, 4.69) is 19.9 Å². The van der Waals surface area contributed by atoms with E-state index in [-0.39, 0.29) is 5.91 Å². The summed E-state index contributed by atoms with van der Waals surface area (Å²) in [6.07, 6.45) is 8.38. The Kier molecular flexibility index (Phi) is 5.93. The van der Waals surface area contributed by atoms with Gasteiger partial charge in [-0.25, -0.2) is 0 Å². The van der Waals surface area contributed by atoms with Crippen LogP contribution in [-0.2, 0) is 13.0 Å². The number of piperidine rings is 1. The number of amides is 1. The van der Waals surface area contributed by atoms with Crippen LogP contribution in [0.5, 0.6) is 0 Å². The number of aromatic nitrogens is 3. The van der Waals surface area contributed by atoms with E-state index >= 15 is 0 Å². The van der Waals surface area contributed by atoms with Gasteiger partial charge in [0.1, 0.15) is 5.69 Å². The molecule has 2 aromatic heterocycles. The third-order valence-electron chi connectivity index (χ3n) is 4.85. The molecule has 0 spiro atoms. The van der Waals surface area contributed by atoms with Crippen molar-refractivity contribution in [3.05, 3.63) is 53.4 Å². The molecule has 0 N–H and O–H groups in total. The third kappa shape index (κ3) is 4.64. The molecule has 6 nitrogen and oxygen atoms in total. The molecule has 0 aliphatic carbocycles. The van der Waals surface area contributed by atoms with Crippen LogP contribution >= 0.6 is 0 Å². The van der Waals surface area contributed by atoms with Gasteiger partial charge in [0.25, 0.3) is 5.91 Å². The van der Waals surface area contributed by atoms with Gasteiger partial charge < -0.3 is 9.80 Å². The lowest BCUT2D eigenvalue weighted by atomic mass is 9.92. The van der Waals surface area contributed by atoms with Gasteiger partial charge >= 0.3 is 0 Å². The van der Waals surface area contributed by atoms with E-state index in [1.54, 1.807) is 6.20 Å². The van der Waals surface area contributed by atoms with Crippen LogP contribution in [0.4, 0.5) is 0 Å². The minimum absolute atomic E-state index is 0.0504. The molecule has 1 aliphatic heterocycles. The summed E-state index contributed by atoms with van der Waals surface area (Å²) in [6, 6.07) is 3.80. The highest BCUT2D eigenvalue weighted by Gasteiger charge is 2.25. The van der Waals surface area contributed by atoms with Crippen LogP contribution in [0.15, 0.2) is 30.7 Å². The maximum Gasteiger partial charge on any atom is 0.272 e. The lowest BCUT2D eigenvalue weighted by Gasteiger charge is -2.32. The van der Waals surface area contributed by atoms with Crippen LogP contribution in [0.25, 0.3) is 0 Å². The van der Waals surface area contributed by atoms with Crippen LogP contribution < -0.4 is 0 Å². The third-order valence-corrected chi connectivity index (χ3v) is 4.85. The van der Waals surface area contributed by atoms with Gasteiger partial charge in [-0.3, -0.25) is 19.7 Å². The average Bonchev–Trinajstić information content (AvgIpc) is 2.63. The van der Waals surface area contributed by atoms with Gasteiger partial charge in [0, 0.05) is 32.0 Å². The predicted molar refractivity (Wildman–Crippen MR) is 101 cm³/mol. The fourth-order valence-electron chi connectivity index (χ4n) is 3.39. The Hall–Kier alpha value is -2.34. The second-order valence-electron chi connectivity index (χ2n) is 7.35. The fourth-order valence-corrected chi connectivity index (χ4v) is 3.39. The van der Waals surface area contributed by atoms with Gasteiger partial charge in [-0.15, -0.1) is 0 Å². The normalized spacial score (nSPS) is 15.5. The van der Waals surface area contributed by atoms with E-state index in [4.69, 9.17) is 0 Å². The predicted octanol–water partition coefficient (Wildman–Crippen LogP) is 2.34. The van der Waals surface area contributed by atoms with Crippen molar-refractivity contribution in [2.75, 3.05) is 27.2 Å². The number of hydrogen-bond donors (Lipinski definition) is 0. The molecule has 3 rings (SSSR count). The minimum Gasteiger partial charge on any atom is -0.337 e. The Bertz CT molecular complexity index is 736. The zero-order valence-electron chi connectivity index (χ0n) is 15.9. The monoisotopic (exact) mass is 353 g/mol.